The molecule has 0 aliphatic carbocycles. The molecule has 0 bridgehead atoms. The van der Waals surface area contributed by atoms with Crippen molar-refractivity contribution in [1.29, 1.82) is 0 Å². The fourth-order valence-electron chi connectivity index (χ4n) is 4.85. The Morgan fingerprint density at radius 3 is 2.65 bits per heavy atom. The largest absolute Gasteiger partial charge is 0.497 e. The number of imide groups is 1. The number of ether oxygens (including phenoxy) is 1. The zero-order valence-corrected chi connectivity index (χ0v) is 22.7. The minimum absolute atomic E-state index is 0.0383. The number of hydrogen-bond donors (Lipinski definition) is 0. The molecule has 3 amide bonds. The first kappa shape index (κ1) is 25.5. The van der Waals surface area contributed by atoms with E-state index < -0.39 is 17.9 Å². The molecule has 1 aliphatic heterocycles. The normalized spacial score (nSPS) is 15.2. The lowest BCUT2D eigenvalue weighted by molar-refractivity contribution is -0.122. The first-order chi connectivity index (χ1) is 19.4. The molecule has 0 N–H and O–H groups in total. The number of hydrogen-bond acceptors (Lipinski definition) is 7. The number of amides is 3. The smallest absolute Gasteiger partial charge is 0.257 e. The molecule has 0 radical (unpaired) electrons. The minimum Gasteiger partial charge on any atom is -0.497 e. The summed E-state index contributed by atoms with van der Waals surface area (Å²) in [6, 6.07) is 22.5. The molecule has 0 spiro atoms. The summed E-state index contributed by atoms with van der Waals surface area (Å²) >= 11 is 1.59. The number of nitrogens with zero attached hydrogens (tertiary/aromatic N) is 3. The highest BCUT2D eigenvalue weighted by atomic mass is 32.1. The SMILES string of the molecule is COc1cccc(C(=O)N(Cc2ccco2)C2CC(=O)N(c3ccc(-c4nc5ccc(C)cc5s4)cc3)C2=O)c1. The zero-order valence-electron chi connectivity index (χ0n) is 21.9. The average Bonchev–Trinajstić information content (AvgIpc) is 3.70. The van der Waals surface area contributed by atoms with Gasteiger partial charge in [0.2, 0.25) is 5.91 Å². The zero-order chi connectivity index (χ0) is 27.8. The number of fused-ring (bicyclic) bond motifs is 1. The third kappa shape index (κ3) is 4.76. The van der Waals surface area contributed by atoms with E-state index in [1.807, 2.05) is 31.2 Å². The Bertz CT molecular complexity index is 1730. The van der Waals surface area contributed by atoms with Crippen LogP contribution < -0.4 is 9.64 Å². The van der Waals surface area contributed by atoms with Gasteiger partial charge in [-0.3, -0.25) is 14.4 Å². The Labute approximate surface area is 234 Å². The number of aromatic nitrogens is 1. The molecule has 3 aromatic carbocycles. The van der Waals surface area contributed by atoms with E-state index in [2.05, 4.69) is 6.07 Å². The Morgan fingerprint density at radius 2 is 1.90 bits per heavy atom. The van der Waals surface area contributed by atoms with Gasteiger partial charge in [0.15, 0.2) is 0 Å². The first-order valence-corrected chi connectivity index (χ1v) is 13.5. The lowest BCUT2D eigenvalue weighted by Crippen LogP contribution is -2.45. The van der Waals surface area contributed by atoms with Crippen LogP contribution in [0.15, 0.2) is 89.5 Å². The van der Waals surface area contributed by atoms with Crippen molar-refractivity contribution in [2.45, 2.75) is 25.9 Å². The van der Waals surface area contributed by atoms with Gasteiger partial charge >= 0.3 is 0 Å². The molecule has 2 aromatic heterocycles. The van der Waals surface area contributed by atoms with Crippen LogP contribution in [-0.4, -0.2) is 40.8 Å². The molecular formula is C31H25N3O5S. The molecule has 1 fully saturated rings. The van der Waals surface area contributed by atoms with Gasteiger partial charge in [-0.15, -0.1) is 11.3 Å². The summed E-state index contributed by atoms with van der Waals surface area (Å²) in [6.07, 6.45) is 1.37. The van der Waals surface area contributed by atoms with Gasteiger partial charge in [0.25, 0.3) is 11.8 Å². The van der Waals surface area contributed by atoms with Crippen LogP contribution in [-0.2, 0) is 16.1 Å². The number of furan rings is 1. The molecular weight excluding hydrogens is 526 g/mol. The second kappa shape index (κ2) is 10.4. The number of carbonyl (C=O) groups excluding carboxylic acids is 3. The maximum atomic E-state index is 13.7. The molecule has 1 atom stereocenters. The van der Waals surface area contributed by atoms with Crippen LogP contribution in [0.2, 0.25) is 0 Å². The predicted octanol–water partition coefficient (Wildman–Crippen LogP) is 5.85. The number of thiazole rings is 1. The highest BCUT2D eigenvalue weighted by Crippen LogP contribution is 2.33. The minimum atomic E-state index is -0.983. The third-order valence-electron chi connectivity index (χ3n) is 6.90. The molecule has 3 heterocycles. The lowest BCUT2D eigenvalue weighted by atomic mass is 10.1. The highest BCUT2D eigenvalue weighted by molar-refractivity contribution is 7.21. The van der Waals surface area contributed by atoms with Crippen LogP contribution >= 0.6 is 11.3 Å². The maximum Gasteiger partial charge on any atom is 0.257 e. The topological polar surface area (TPSA) is 92.9 Å². The van der Waals surface area contributed by atoms with Crippen LogP contribution in [0, 0.1) is 6.92 Å². The van der Waals surface area contributed by atoms with Gasteiger partial charge in [-0.05, 0) is 79.2 Å². The first-order valence-electron chi connectivity index (χ1n) is 12.7. The summed E-state index contributed by atoms with van der Waals surface area (Å²) in [5, 5.41) is 0.859. The number of anilines is 1. The molecule has 5 aromatic rings. The van der Waals surface area contributed by atoms with Crippen LogP contribution in [0.25, 0.3) is 20.8 Å². The number of methoxy groups -OCH3 is 1. The highest BCUT2D eigenvalue weighted by Gasteiger charge is 2.44. The number of aryl methyl sites for hydroxylation is 1. The van der Waals surface area contributed by atoms with Gasteiger partial charge in [0, 0.05) is 11.1 Å². The van der Waals surface area contributed by atoms with E-state index in [4.69, 9.17) is 14.1 Å². The second-order valence-corrected chi connectivity index (χ2v) is 10.6. The van der Waals surface area contributed by atoms with Crippen LogP contribution in [0.1, 0.15) is 28.1 Å². The van der Waals surface area contributed by atoms with Crippen molar-refractivity contribution in [1.82, 2.24) is 9.88 Å². The fraction of sp³-hybridized carbons (Fsp3) is 0.161. The Balaban J connectivity index is 1.28. The monoisotopic (exact) mass is 551 g/mol. The van der Waals surface area contributed by atoms with Crippen LogP contribution in [0.5, 0.6) is 5.75 Å². The van der Waals surface area contributed by atoms with E-state index in [1.54, 1.807) is 59.9 Å². The van der Waals surface area contributed by atoms with E-state index in [1.165, 1.54) is 23.8 Å². The van der Waals surface area contributed by atoms with E-state index in [0.29, 0.717) is 22.8 Å². The molecule has 200 valence electrons. The molecule has 1 saturated heterocycles. The summed E-state index contributed by atoms with van der Waals surface area (Å²) in [4.78, 5) is 47.8. The van der Waals surface area contributed by atoms with Crippen molar-refractivity contribution in [2.24, 2.45) is 0 Å². The Kier molecular flexibility index (Phi) is 6.65. The van der Waals surface area contributed by atoms with Gasteiger partial charge in [-0.1, -0.05) is 12.1 Å². The number of benzene rings is 3. The van der Waals surface area contributed by atoms with Gasteiger partial charge in [0.05, 0.1) is 42.2 Å². The van der Waals surface area contributed by atoms with Gasteiger partial charge in [-0.25, -0.2) is 9.88 Å². The van der Waals surface area contributed by atoms with Crippen molar-refractivity contribution in [2.75, 3.05) is 12.0 Å². The quantitative estimate of drug-likeness (QED) is 0.236. The standard InChI is InChI=1S/C31H25N3O5S/c1-19-8-13-25-27(15-19)40-29(32-25)20-9-11-22(12-10-20)34-28(35)17-26(31(34)37)33(18-24-7-4-14-39-24)30(36)21-5-3-6-23(16-21)38-2/h3-16,26H,17-18H2,1-2H3. The summed E-state index contributed by atoms with van der Waals surface area (Å²) in [7, 11) is 1.52. The molecule has 40 heavy (non-hydrogen) atoms. The van der Waals surface area contributed by atoms with E-state index in [-0.39, 0.29) is 18.9 Å². The summed E-state index contributed by atoms with van der Waals surface area (Å²) in [5.74, 6) is -0.213. The fourth-order valence-corrected chi connectivity index (χ4v) is 5.92. The van der Waals surface area contributed by atoms with Gasteiger partial charge in [-0.2, -0.15) is 0 Å². The number of rotatable bonds is 7. The van der Waals surface area contributed by atoms with E-state index >= 15 is 0 Å². The van der Waals surface area contributed by atoms with Crippen molar-refractivity contribution in [3.05, 3.63) is 102 Å². The summed E-state index contributed by atoms with van der Waals surface area (Å²) < 4.78 is 11.9. The Morgan fingerprint density at radius 1 is 1.07 bits per heavy atom. The Hall–Kier alpha value is -4.76. The lowest BCUT2D eigenvalue weighted by Gasteiger charge is -2.27. The van der Waals surface area contributed by atoms with E-state index in [9.17, 15) is 14.4 Å². The predicted molar refractivity (Wildman–Crippen MR) is 152 cm³/mol. The van der Waals surface area contributed by atoms with Crippen LogP contribution in [0.4, 0.5) is 5.69 Å². The summed E-state index contributed by atoms with van der Waals surface area (Å²) in [5.41, 5.74) is 3.79. The summed E-state index contributed by atoms with van der Waals surface area (Å²) in [6.45, 7) is 2.08. The molecule has 8 nitrogen and oxygen atoms in total. The van der Waals surface area contributed by atoms with Crippen molar-refractivity contribution < 1.29 is 23.5 Å². The molecule has 1 unspecified atom stereocenters. The third-order valence-corrected chi connectivity index (χ3v) is 7.97. The molecule has 6 rings (SSSR count). The van der Waals surface area contributed by atoms with Gasteiger partial charge < -0.3 is 14.1 Å². The molecule has 0 saturated carbocycles. The van der Waals surface area contributed by atoms with Crippen molar-refractivity contribution in [3.8, 4) is 16.3 Å². The maximum absolute atomic E-state index is 13.7. The van der Waals surface area contributed by atoms with Gasteiger partial charge in [0.1, 0.15) is 22.6 Å². The van der Waals surface area contributed by atoms with Crippen molar-refractivity contribution >= 4 is 45.0 Å². The second-order valence-electron chi connectivity index (χ2n) is 9.57. The number of carbonyl (C=O) groups is 3. The molecule has 9 heteroatoms. The van der Waals surface area contributed by atoms with Crippen LogP contribution in [0.3, 0.4) is 0 Å². The average molecular weight is 552 g/mol. The van der Waals surface area contributed by atoms with E-state index in [0.717, 1.165) is 25.7 Å². The molecule has 1 aliphatic rings. The van der Waals surface area contributed by atoms with Crippen molar-refractivity contribution in [3.63, 3.8) is 0 Å².